The van der Waals surface area contributed by atoms with E-state index in [1.165, 1.54) is 22.1 Å². The summed E-state index contributed by atoms with van der Waals surface area (Å²) in [5.74, 6) is 1.29. The van der Waals surface area contributed by atoms with Crippen LogP contribution in [0.15, 0.2) is 29.6 Å². The Morgan fingerprint density at radius 2 is 2.00 bits per heavy atom. The molecule has 0 amide bonds. The van der Waals surface area contributed by atoms with E-state index >= 15 is 0 Å². The number of thiophene rings is 1. The topological polar surface area (TPSA) is 17.1 Å². The zero-order valence-electron chi connectivity index (χ0n) is 13.2. The van der Waals surface area contributed by atoms with Crippen molar-refractivity contribution in [1.29, 1.82) is 0 Å². The van der Waals surface area contributed by atoms with Crippen LogP contribution in [-0.2, 0) is 11.2 Å². The van der Waals surface area contributed by atoms with Gasteiger partial charge in [-0.05, 0) is 53.0 Å². The van der Waals surface area contributed by atoms with Crippen molar-refractivity contribution in [2.45, 2.75) is 46.5 Å². The maximum Gasteiger partial charge on any atom is 0.136 e. The first-order chi connectivity index (χ1) is 9.97. The largest absolute Gasteiger partial charge is 0.299 e. The van der Waals surface area contributed by atoms with Crippen molar-refractivity contribution >= 4 is 27.2 Å². The molecule has 1 fully saturated rings. The quantitative estimate of drug-likeness (QED) is 0.734. The Morgan fingerprint density at radius 1 is 1.24 bits per heavy atom. The van der Waals surface area contributed by atoms with Gasteiger partial charge in [-0.25, -0.2) is 0 Å². The number of fused-ring (bicyclic) bond motifs is 1. The molecule has 0 saturated heterocycles. The fraction of sp³-hybridized carbons (Fsp3) is 0.526. The highest BCUT2D eigenvalue weighted by atomic mass is 32.1. The lowest BCUT2D eigenvalue weighted by Gasteiger charge is -2.37. The van der Waals surface area contributed by atoms with Gasteiger partial charge in [0.1, 0.15) is 5.78 Å². The van der Waals surface area contributed by atoms with Gasteiger partial charge in [0.25, 0.3) is 0 Å². The van der Waals surface area contributed by atoms with Crippen LogP contribution < -0.4 is 0 Å². The highest BCUT2D eigenvalue weighted by Gasteiger charge is 2.38. The summed E-state index contributed by atoms with van der Waals surface area (Å²) in [6.45, 7) is 6.75. The molecule has 1 aromatic heterocycles. The summed E-state index contributed by atoms with van der Waals surface area (Å²) in [5, 5.41) is 3.65. The molecule has 2 atom stereocenters. The SMILES string of the molecule is CC1CCC(C(C)(C)Cc2csc3ccccc23)C(=O)C1. The van der Waals surface area contributed by atoms with Crippen molar-refractivity contribution in [3.05, 3.63) is 35.2 Å². The molecule has 0 radical (unpaired) electrons. The van der Waals surface area contributed by atoms with Gasteiger partial charge in [0.2, 0.25) is 0 Å². The van der Waals surface area contributed by atoms with Crippen molar-refractivity contribution in [3.63, 3.8) is 0 Å². The second-order valence-electron chi connectivity index (χ2n) is 7.33. The van der Waals surface area contributed by atoms with Crippen molar-refractivity contribution in [2.24, 2.45) is 17.3 Å². The summed E-state index contributed by atoms with van der Waals surface area (Å²) in [5.41, 5.74) is 1.47. The number of rotatable bonds is 3. The van der Waals surface area contributed by atoms with Crippen LogP contribution in [0.1, 0.15) is 45.6 Å². The maximum absolute atomic E-state index is 12.4. The van der Waals surface area contributed by atoms with Gasteiger partial charge in [0, 0.05) is 17.0 Å². The fourth-order valence-electron chi connectivity index (χ4n) is 3.81. The van der Waals surface area contributed by atoms with Crippen LogP contribution in [0.25, 0.3) is 10.1 Å². The Kier molecular flexibility index (Phi) is 3.92. The third-order valence-electron chi connectivity index (χ3n) is 5.04. The number of carbonyl (C=O) groups excluding carboxylic acids is 1. The Morgan fingerprint density at radius 3 is 2.76 bits per heavy atom. The number of carbonyl (C=O) groups is 1. The molecule has 0 spiro atoms. The average Bonchev–Trinajstić information content (AvgIpc) is 2.81. The third-order valence-corrected chi connectivity index (χ3v) is 6.05. The molecule has 2 heteroatoms. The van der Waals surface area contributed by atoms with Crippen LogP contribution in [0.3, 0.4) is 0 Å². The molecule has 1 nitrogen and oxygen atoms in total. The van der Waals surface area contributed by atoms with Crippen LogP contribution >= 0.6 is 11.3 Å². The van der Waals surface area contributed by atoms with Crippen LogP contribution in [0.5, 0.6) is 0 Å². The standard InChI is InChI=1S/C19H24OS/c1-13-8-9-16(17(20)10-13)19(2,3)11-14-12-21-18-7-5-4-6-15(14)18/h4-7,12-13,16H,8-11H2,1-3H3. The second kappa shape index (κ2) is 5.57. The minimum absolute atomic E-state index is 0.0566. The van der Waals surface area contributed by atoms with Crippen molar-refractivity contribution < 1.29 is 4.79 Å². The predicted molar refractivity (Wildman–Crippen MR) is 90.8 cm³/mol. The molecular formula is C19H24OS. The van der Waals surface area contributed by atoms with Crippen molar-refractivity contribution in [3.8, 4) is 0 Å². The van der Waals surface area contributed by atoms with E-state index in [1.807, 2.05) is 11.3 Å². The van der Waals surface area contributed by atoms with E-state index in [0.29, 0.717) is 11.7 Å². The molecule has 1 heterocycles. The Balaban J connectivity index is 1.84. The van der Waals surface area contributed by atoms with E-state index < -0.39 is 0 Å². The molecule has 3 rings (SSSR count). The van der Waals surface area contributed by atoms with E-state index in [9.17, 15) is 4.79 Å². The fourth-order valence-corrected chi connectivity index (χ4v) is 4.77. The van der Waals surface area contributed by atoms with E-state index in [-0.39, 0.29) is 11.3 Å². The minimum Gasteiger partial charge on any atom is -0.299 e. The monoisotopic (exact) mass is 300 g/mol. The van der Waals surface area contributed by atoms with Gasteiger partial charge in [0.15, 0.2) is 0 Å². The number of benzene rings is 1. The van der Waals surface area contributed by atoms with Crippen molar-refractivity contribution in [2.75, 3.05) is 0 Å². The first kappa shape index (κ1) is 14.8. The zero-order valence-corrected chi connectivity index (χ0v) is 14.0. The molecule has 0 N–H and O–H groups in total. The molecule has 1 aliphatic carbocycles. The smallest absolute Gasteiger partial charge is 0.136 e. The lowest BCUT2D eigenvalue weighted by atomic mass is 9.66. The normalized spacial score (nSPS) is 23.7. The van der Waals surface area contributed by atoms with Gasteiger partial charge in [0.05, 0.1) is 0 Å². The van der Waals surface area contributed by atoms with Gasteiger partial charge in [-0.2, -0.15) is 0 Å². The molecule has 112 valence electrons. The highest BCUT2D eigenvalue weighted by molar-refractivity contribution is 7.17. The van der Waals surface area contributed by atoms with E-state index in [0.717, 1.165) is 19.3 Å². The maximum atomic E-state index is 12.4. The lowest BCUT2D eigenvalue weighted by molar-refractivity contribution is -0.129. The van der Waals surface area contributed by atoms with E-state index in [1.54, 1.807) is 0 Å². The molecule has 1 aliphatic rings. The third kappa shape index (κ3) is 2.91. The zero-order chi connectivity index (χ0) is 15.0. The van der Waals surface area contributed by atoms with Crippen LogP contribution in [0, 0.1) is 17.3 Å². The number of hydrogen-bond acceptors (Lipinski definition) is 2. The Hall–Kier alpha value is -1.15. The van der Waals surface area contributed by atoms with E-state index in [4.69, 9.17) is 0 Å². The van der Waals surface area contributed by atoms with Crippen LogP contribution in [-0.4, -0.2) is 5.78 Å². The van der Waals surface area contributed by atoms with Gasteiger partial charge < -0.3 is 0 Å². The average molecular weight is 300 g/mol. The Labute approximate surface area is 131 Å². The summed E-state index contributed by atoms with van der Waals surface area (Å²) < 4.78 is 1.35. The first-order valence-corrected chi connectivity index (χ1v) is 8.83. The molecule has 1 saturated carbocycles. The molecule has 0 aliphatic heterocycles. The summed E-state index contributed by atoms with van der Waals surface area (Å²) in [6, 6.07) is 8.60. The molecule has 2 aromatic rings. The van der Waals surface area contributed by atoms with Gasteiger partial charge in [-0.1, -0.05) is 39.0 Å². The number of Topliss-reactive ketones (excluding diaryl/α,β-unsaturated/α-hetero) is 1. The molecule has 0 bridgehead atoms. The van der Waals surface area contributed by atoms with E-state index in [2.05, 4.69) is 50.4 Å². The molecule has 21 heavy (non-hydrogen) atoms. The summed E-state index contributed by atoms with van der Waals surface area (Å²) in [4.78, 5) is 12.4. The summed E-state index contributed by atoms with van der Waals surface area (Å²) >= 11 is 1.82. The molecule has 1 aromatic carbocycles. The molecule has 2 unspecified atom stereocenters. The van der Waals surface area contributed by atoms with Crippen LogP contribution in [0.2, 0.25) is 0 Å². The van der Waals surface area contributed by atoms with Crippen LogP contribution in [0.4, 0.5) is 0 Å². The molecular weight excluding hydrogens is 276 g/mol. The van der Waals surface area contributed by atoms with Gasteiger partial charge >= 0.3 is 0 Å². The number of hydrogen-bond donors (Lipinski definition) is 0. The predicted octanol–water partition coefficient (Wildman–Crippen LogP) is 5.48. The summed E-state index contributed by atoms with van der Waals surface area (Å²) in [6.07, 6.45) is 4.04. The Bertz CT molecular complexity index is 652. The summed E-state index contributed by atoms with van der Waals surface area (Å²) in [7, 11) is 0. The number of ketones is 1. The van der Waals surface area contributed by atoms with Gasteiger partial charge in [-0.15, -0.1) is 11.3 Å². The highest BCUT2D eigenvalue weighted by Crippen LogP contribution is 2.41. The van der Waals surface area contributed by atoms with Crippen molar-refractivity contribution in [1.82, 2.24) is 0 Å². The minimum atomic E-state index is 0.0566. The second-order valence-corrected chi connectivity index (χ2v) is 8.24. The lowest BCUT2D eigenvalue weighted by Crippen LogP contribution is -2.36. The van der Waals surface area contributed by atoms with Gasteiger partial charge in [-0.3, -0.25) is 4.79 Å². The first-order valence-electron chi connectivity index (χ1n) is 7.95.